The highest BCUT2D eigenvalue weighted by Gasteiger charge is 2.28. The van der Waals surface area contributed by atoms with Crippen LogP contribution in [0.3, 0.4) is 0 Å². The zero-order chi connectivity index (χ0) is 15.7. The average Bonchev–Trinajstić information content (AvgIpc) is 2.51. The quantitative estimate of drug-likeness (QED) is 0.841. The summed E-state index contributed by atoms with van der Waals surface area (Å²) in [5.41, 5.74) is 1.74. The van der Waals surface area contributed by atoms with Crippen molar-refractivity contribution in [3.63, 3.8) is 0 Å². The van der Waals surface area contributed by atoms with Crippen LogP contribution in [0.15, 0.2) is 46.2 Å². The molecule has 0 aliphatic carbocycles. The molecule has 1 aliphatic rings. The van der Waals surface area contributed by atoms with Crippen molar-refractivity contribution in [1.29, 1.82) is 0 Å². The van der Waals surface area contributed by atoms with Crippen LogP contribution in [0.4, 0.5) is 11.4 Å². The Labute approximate surface area is 137 Å². The number of benzene rings is 2. The Bertz CT molecular complexity index is 736. The molecule has 0 aromatic heterocycles. The second kappa shape index (κ2) is 6.28. The number of hydrogen-bond donors (Lipinski definition) is 2. The van der Waals surface area contributed by atoms with Gasteiger partial charge in [0.25, 0.3) is 0 Å². The van der Waals surface area contributed by atoms with Crippen molar-refractivity contribution in [2.45, 2.75) is 16.2 Å². The summed E-state index contributed by atoms with van der Waals surface area (Å²) in [6, 6.07) is 10.4. The van der Waals surface area contributed by atoms with E-state index in [4.69, 9.17) is 11.6 Å². The highest BCUT2D eigenvalue weighted by molar-refractivity contribution is 7.85. The first-order valence-electron chi connectivity index (χ1n) is 7.08. The Morgan fingerprint density at radius 2 is 2.00 bits per heavy atom. The molecule has 6 heteroatoms. The molecule has 0 amide bonds. The molecule has 0 fully saturated rings. The van der Waals surface area contributed by atoms with Crippen LogP contribution in [-0.2, 0) is 10.8 Å². The number of phenols is 1. The van der Waals surface area contributed by atoms with Crippen LogP contribution in [0.2, 0.25) is 5.02 Å². The van der Waals surface area contributed by atoms with E-state index >= 15 is 0 Å². The van der Waals surface area contributed by atoms with E-state index in [-0.39, 0.29) is 5.75 Å². The van der Waals surface area contributed by atoms with Gasteiger partial charge < -0.3 is 15.3 Å². The second-order valence-electron chi connectivity index (χ2n) is 5.14. The number of fused-ring (bicyclic) bond motifs is 2. The Morgan fingerprint density at radius 1 is 1.18 bits per heavy atom. The molecule has 116 valence electrons. The number of nitrogens with one attached hydrogen (secondary N) is 1. The minimum atomic E-state index is -1.31. The number of phenolic OH excluding ortho intramolecular Hbond substituents is 1. The lowest BCUT2D eigenvalue weighted by atomic mass is 10.2. The highest BCUT2D eigenvalue weighted by atomic mass is 35.5. The van der Waals surface area contributed by atoms with Crippen LogP contribution >= 0.6 is 11.6 Å². The predicted molar refractivity (Wildman–Crippen MR) is 89.8 cm³/mol. The van der Waals surface area contributed by atoms with Crippen LogP contribution in [0.1, 0.15) is 6.42 Å². The molecule has 2 aromatic carbocycles. The molecule has 0 saturated heterocycles. The van der Waals surface area contributed by atoms with Crippen LogP contribution in [-0.4, -0.2) is 29.5 Å². The molecular formula is C16H17ClN2O2S. The van der Waals surface area contributed by atoms with E-state index < -0.39 is 10.8 Å². The van der Waals surface area contributed by atoms with Gasteiger partial charge in [0.05, 0.1) is 32.0 Å². The number of hydrogen-bond acceptors (Lipinski definition) is 4. The summed E-state index contributed by atoms with van der Waals surface area (Å²) < 4.78 is 12.8. The van der Waals surface area contributed by atoms with Gasteiger partial charge in [-0.2, -0.15) is 0 Å². The fourth-order valence-corrected chi connectivity index (χ4v) is 4.19. The predicted octanol–water partition coefficient (Wildman–Crippen LogP) is 3.27. The molecule has 1 heterocycles. The van der Waals surface area contributed by atoms with Gasteiger partial charge in [-0.3, -0.25) is 0 Å². The van der Waals surface area contributed by atoms with Gasteiger partial charge in [0.2, 0.25) is 0 Å². The van der Waals surface area contributed by atoms with Gasteiger partial charge in [-0.15, -0.1) is 0 Å². The third-order valence-electron chi connectivity index (χ3n) is 3.65. The summed E-state index contributed by atoms with van der Waals surface area (Å²) in [5.74, 6) is 0.125. The van der Waals surface area contributed by atoms with Gasteiger partial charge in [-0.05, 0) is 56.4 Å². The molecule has 2 N–H and O–H groups in total. The summed E-state index contributed by atoms with van der Waals surface area (Å²) in [7, 11) is 0.606. The Morgan fingerprint density at radius 3 is 2.77 bits per heavy atom. The molecule has 0 radical (unpaired) electrons. The molecule has 0 spiro atoms. The maximum Gasteiger partial charge on any atom is 0.116 e. The van der Waals surface area contributed by atoms with Crippen LogP contribution in [0, 0.1) is 0 Å². The molecule has 2 aromatic rings. The van der Waals surface area contributed by atoms with Gasteiger partial charge in [-0.25, -0.2) is 4.21 Å². The van der Waals surface area contributed by atoms with Crippen LogP contribution in [0.5, 0.6) is 5.75 Å². The minimum absolute atomic E-state index is 0.125. The van der Waals surface area contributed by atoms with Crippen molar-refractivity contribution in [1.82, 2.24) is 5.32 Å². The number of rotatable bonds is 4. The van der Waals surface area contributed by atoms with Gasteiger partial charge in [-0.1, -0.05) is 11.6 Å². The van der Waals surface area contributed by atoms with E-state index in [9.17, 15) is 9.32 Å². The monoisotopic (exact) mass is 336 g/mol. The second-order valence-corrected chi connectivity index (χ2v) is 7.00. The standard InChI is InChI=1S/C16H17ClN2O2S/c1-18-7-2-8-19-13-5-4-12(20)10-16(13)22(21)15-6-3-11(17)9-14(15)19/h3-6,9-10,18,20H,2,7-8H2,1H3. The minimum Gasteiger partial charge on any atom is -0.508 e. The zero-order valence-electron chi connectivity index (χ0n) is 12.2. The van der Waals surface area contributed by atoms with E-state index in [1.807, 2.05) is 19.2 Å². The number of anilines is 2. The van der Waals surface area contributed by atoms with E-state index in [1.54, 1.807) is 24.3 Å². The van der Waals surface area contributed by atoms with E-state index in [2.05, 4.69) is 10.2 Å². The number of halogens is 1. The molecule has 0 saturated carbocycles. The molecule has 4 nitrogen and oxygen atoms in total. The van der Waals surface area contributed by atoms with Crippen molar-refractivity contribution in [3.8, 4) is 5.75 Å². The SMILES string of the molecule is CNCCCN1c2cc(Cl)ccc2S(=O)c2cc(O)ccc21. The van der Waals surface area contributed by atoms with Gasteiger partial charge in [0, 0.05) is 11.6 Å². The van der Waals surface area contributed by atoms with Gasteiger partial charge in [0.15, 0.2) is 0 Å². The summed E-state index contributed by atoms with van der Waals surface area (Å²) in [6.45, 7) is 1.67. The Balaban J connectivity index is 2.10. The Kier molecular flexibility index (Phi) is 4.38. The number of nitrogens with zero attached hydrogens (tertiary/aromatic N) is 1. The van der Waals surface area contributed by atoms with Crippen LogP contribution < -0.4 is 10.2 Å². The first-order chi connectivity index (χ1) is 10.6. The first kappa shape index (κ1) is 15.3. The van der Waals surface area contributed by atoms with Crippen molar-refractivity contribution in [2.75, 3.05) is 25.0 Å². The maximum absolute atomic E-state index is 12.8. The van der Waals surface area contributed by atoms with Crippen LogP contribution in [0.25, 0.3) is 0 Å². The topological polar surface area (TPSA) is 52.6 Å². The lowest BCUT2D eigenvalue weighted by Crippen LogP contribution is -2.27. The van der Waals surface area contributed by atoms with E-state index in [0.717, 1.165) is 35.8 Å². The largest absolute Gasteiger partial charge is 0.508 e. The fourth-order valence-electron chi connectivity index (χ4n) is 2.64. The average molecular weight is 337 g/mol. The maximum atomic E-state index is 12.8. The third kappa shape index (κ3) is 2.72. The zero-order valence-corrected chi connectivity index (χ0v) is 13.7. The summed E-state index contributed by atoms with van der Waals surface area (Å²) >= 11 is 6.13. The highest BCUT2D eigenvalue weighted by Crippen LogP contribution is 2.44. The smallest absolute Gasteiger partial charge is 0.116 e. The number of aromatic hydroxyl groups is 1. The normalized spacial score (nSPS) is 16.3. The molecule has 3 rings (SSSR count). The van der Waals surface area contributed by atoms with E-state index in [1.165, 1.54) is 0 Å². The summed E-state index contributed by atoms with van der Waals surface area (Å²) in [6.07, 6.45) is 0.940. The molecule has 0 bridgehead atoms. The molecule has 1 aliphatic heterocycles. The summed E-state index contributed by atoms with van der Waals surface area (Å²) in [5, 5.41) is 13.5. The van der Waals surface area contributed by atoms with Crippen molar-refractivity contribution in [2.24, 2.45) is 0 Å². The molecule has 1 atom stereocenters. The molecule has 1 unspecified atom stereocenters. The van der Waals surface area contributed by atoms with Crippen molar-refractivity contribution in [3.05, 3.63) is 41.4 Å². The first-order valence-corrected chi connectivity index (χ1v) is 8.61. The lowest BCUT2D eigenvalue weighted by molar-refractivity contribution is 0.473. The lowest BCUT2D eigenvalue weighted by Gasteiger charge is -2.33. The summed E-state index contributed by atoms with van der Waals surface area (Å²) in [4.78, 5) is 3.49. The molecular weight excluding hydrogens is 320 g/mol. The fraction of sp³-hybridized carbons (Fsp3) is 0.250. The third-order valence-corrected chi connectivity index (χ3v) is 5.36. The van der Waals surface area contributed by atoms with Crippen molar-refractivity contribution >= 4 is 33.8 Å². The van der Waals surface area contributed by atoms with Gasteiger partial charge in [0.1, 0.15) is 5.75 Å². The molecule has 22 heavy (non-hydrogen) atoms. The Hall–Kier alpha value is -1.56. The van der Waals surface area contributed by atoms with Gasteiger partial charge >= 0.3 is 0 Å². The van der Waals surface area contributed by atoms with E-state index in [0.29, 0.717) is 9.92 Å². The van der Waals surface area contributed by atoms with Crippen molar-refractivity contribution < 1.29 is 9.32 Å².